The van der Waals surface area contributed by atoms with Gasteiger partial charge in [-0.05, 0) is 19.1 Å². The Morgan fingerprint density at radius 2 is 1.92 bits per heavy atom. The number of hydrogen-bond acceptors (Lipinski definition) is 2. The fraction of sp³-hybridized carbons (Fsp3) is 0.400. The Morgan fingerprint density at radius 1 is 1.31 bits per heavy atom. The van der Waals surface area contributed by atoms with E-state index in [0.717, 1.165) is 5.75 Å². The predicted octanol–water partition coefficient (Wildman–Crippen LogP) is 2.82. The number of ether oxygens (including phenoxy) is 2. The molecule has 1 unspecified atom stereocenters. The first-order chi connectivity index (χ1) is 6.14. The number of para-hydroxylation sites is 1. The minimum Gasteiger partial charge on any atom is -0.490 e. The maximum absolute atomic E-state index is 5.49. The van der Waals surface area contributed by atoms with Crippen molar-refractivity contribution in [1.29, 1.82) is 0 Å². The van der Waals surface area contributed by atoms with E-state index in [9.17, 15) is 0 Å². The molecule has 1 aromatic rings. The minimum absolute atomic E-state index is 0.414. The van der Waals surface area contributed by atoms with E-state index < -0.39 is 4.51 Å². The first-order valence-corrected chi connectivity index (χ1v) is 4.85. The zero-order chi connectivity index (χ0) is 9.73. The highest BCUT2D eigenvalue weighted by Crippen LogP contribution is 2.19. The molecule has 0 aliphatic carbocycles. The van der Waals surface area contributed by atoms with E-state index in [4.69, 9.17) is 9.47 Å². The van der Waals surface area contributed by atoms with Crippen molar-refractivity contribution in [2.45, 2.75) is 11.4 Å². The van der Waals surface area contributed by atoms with Gasteiger partial charge in [0.15, 0.2) is 4.51 Å². The van der Waals surface area contributed by atoms with Crippen LogP contribution < -0.4 is 4.74 Å². The molecular formula is C10H13BrO2. The lowest BCUT2D eigenvalue weighted by atomic mass is 10.3. The van der Waals surface area contributed by atoms with Crippen LogP contribution in [-0.4, -0.2) is 18.2 Å². The summed E-state index contributed by atoms with van der Waals surface area (Å²) in [6, 6.07) is 9.66. The Kier molecular flexibility index (Phi) is 3.75. The molecule has 0 bridgehead atoms. The molecular weight excluding hydrogens is 232 g/mol. The summed E-state index contributed by atoms with van der Waals surface area (Å²) in [6.45, 7) is 2.39. The van der Waals surface area contributed by atoms with Gasteiger partial charge in [-0.25, -0.2) is 0 Å². The van der Waals surface area contributed by atoms with Crippen LogP contribution in [0, 0.1) is 0 Å². The second-order valence-electron chi connectivity index (χ2n) is 2.91. The number of rotatable bonds is 4. The van der Waals surface area contributed by atoms with E-state index in [1.807, 2.05) is 37.3 Å². The molecule has 1 atom stereocenters. The van der Waals surface area contributed by atoms with Crippen molar-refractivity contribution in [3.63, 3.8) is 0 Å². The van der Waals surface area contributed by atoms with E-state index in [0.29, 0.717) is 6.61 Å². The normalized spacial score (nSPS) is 15.0. The predicted molar refractivity (Wildman–Crippen MR) is 56.3 cm³/mol. The second-order valence-corrected chi connectivity index (χ2v) is 4.59. The van der Waals surface area contributed by atoms with Crippen molar-refractivity contribution in [3.05, 3.63) is 30.3 Å². The topological polar surface area (TPSA) is 18.5 Å². The Labute approximate surface area is 87.0 Å². The Balaban J connectivity index is 2.44. The standard InChI is InChI=1S/C10H13BrO2/c1-10(11,12-2)8-13-9-6-4-3-5-7-9/h3-7H,8H2,1-2H3. The zero-order valence-corrected chi connectivity index (χ0v) is 9.37. The van der Waals surface area contributed by atoms with Gasteiger partial charge in [-0.15, -0.1) is 0 Å². The number of hydrogen-bond donors (Lipinski definition) is 0. The van der Waals surface area contributed by atoms with Crippen molar-refractivity contribution < 1.29 is 9.47 Å². The van der Waals surface area contributed by atoms with Crippen molar-refractivity contribution in [3.8, 4) is 5.75 Å². The molecule has 0 fully saturated rings. The molecule has 0 amide bonds. The van der Waals surface area contributed by atoms with Crippen LogP contribution in [0.2, 0.25) is 0 Å². The van der Waals surface area contributed by atoms with Gasteiger partial charge in [-0.2, -0.15) is 0 Å². The third kappa shape index (κ3) is 3.79. The van der Waals surface area contributed by atoms with Crippen LogP contribution in [0.4, 0.5) is 0 Å². The van der Waals surface area contributed by atoms with Gasteiger partial charge in [-0.1, -0.05) is 34.1 Å². The lowest BCUT2D eigenvalue weighted by Crippen LogP contribution is -2.27. The first kappa shape index (κ1) is 10.5. The van der Waals surface area contributed by atoms with Crippen molar-refractivity contribution >= 4 is 15.9 Å². The van der Waals surface area contributed by atoms with E-state index >= 15 is 0 Å². The molecule has 2 nitrogen and oxygen atoms in total. The third-order valence-electron chi connectivity index (χ3n) is 1.67. The lowest BCUT2D eigenvalue weighted by Gasteiger charge is -2.20. The average molecular weight is 245 g/mol. The maximum Gasteiger partial charge on any atom is 0.153 e. The Morgan fingerprint density at radius 3 is 2.46 bits per heavy atom. The highest BCUT2D eigenvalue weighted by molar-refractivity contribution is 9.10. The summed E-state index contributed by atoms with van der Waals surface area (Å²) in [5, 5.41) is 0. The van der Waals surface area contributed by atoms with Crippen molar-refractivity contribution in [2.75, 3.05) is 13.7 Å². The quantitative estimate of drug-likeness (QED) is 0.759. The van der Waals surface area contributed by atoms with Crippen LogP contribution in [-0.2, 0) is 4.74 Å². The average Bonchev–Trinajstić information content (AvgIpc) is 2.17. The van der Waals surface area contributed by atoms with Crippen LogP contribution >= 0.6 is 15.9 Å². The Bertz CT molecular complexity index is 246. The summed E-state index contributed by atoms with van der Waals surface area (Å²) in [7, 11) is 1.64. The molecule has 3 heteroatoms. The van der Waals surface area contributed by atoms with Crippen molar-refractivity contribution in [1.82, 2.24) is 0 Å². The second kappa shape index (κ2) is 4.63. The monoisotopic (exact) mass is 244 g/mol. The smallest absolute Gasteiger partial charge is 0.153 e. The molecule has 0 aromatic heterocycles. The lowest BCUT2D eigenvalue weighted by molar-refractivity contribution is 0.0493. The summed E-state index contributed by atoms with van der Waals surface area (Å²) in [5.41, 5.74) is 0. The SMILES string of the molecule is COC(C)(Br)COc1ccccc1. The Hall–Kier alpha value is -0.540. The molecule has 1 rings (SSSR count). The maximum atomic E-state index is 5.49. The fourth-order valence-corrected chi connectivity index (χ4v) is 0.902. The van der Waals surface area contributed by atoms with Gasteiger partial charge in [0, 0.05) is 7.11 Å². The van der Waals surface area contributed by atoms with Crippen LogP contribution in [0.25, 0.3) is 0 Å². The van der Waals surface area contributed by atoms with Crippen LogP contribution in [0.3, 0.4) is 0 Å². The minimum atomic E-state index is -0.414. The molecule has 0 heterocycles. The van der Waals surface area contributed by atoms with Crippen LogP contribution in [0.5, 0.6) is 5.75 Å². The van der Waals surface area contributed by atoms with Crippen LogP contribution in [0.15, 0.2) is 30.3 Å². The number of benzene rings is 1. The van der Waals surface area contributed by atoms with Gasteiger partial charge in [0.2, 0.25) is 0 Å². The summed E-state index contributed by atoms with van der Waals surface area (Å²) in [4.78, 5) is 0. The van der Waals surface area contributed by atoms with Gasteiger partial charge in [0.25, 0.3) is 0 Å². The number of methoxy groups -OCH3 is 1. The molecule has 13 heavy (non-hydrogen) atoms. The molecule has 0 radical (unpaired) electrons. The zero-order valence-electron chi connectivity index (χ0n) is 7.79. The highest BCUT2D eigenvalue weighted by Gasteiger charge is 2.19. The molecule has 0 aliphatic rings. The van der Waals surface area contributed by atoms with Gasteiger partial charge in [-0.3, -0.25) is 0 Å². The summed E-state index contributed by atoms with van der Waals surface area (Å²) < 4.78 is 10.2. The molecule has 0 spiro atoms. The molecule has 0 aliphatic heterocycles. The fourth-order valence-electron chi connectivity index (χ4n) is 0.788. The van der Waals surface area contributed by atoms with Crippen molar-refractivity contribution in [2.24, 2.45) is 0 Å². The van der Waals surface area contributed by atoms with Gasteiger partial charge in [0.1, 0.15) is 12.4 Å². The molecule has 0 N–H and O–H groups in total. The molecule has 1 aromatic carbocycles. The first-order valence-electron chi connectivity index (χ1n) is 4.06. The van der Waals surface area contributed by atoms with Gasteiger partial charge < -0.3 is 9.47 Å². The number of alkyl halides is 1. The summed E-state index contributed by atoms with van der Waals surface area (Å²) >= 11 is 3.39. The molecule has 0 saturated heterocycles. The summed E-state index contributed by atoms with van der Waals surface area (Å²) in [5.74, 6) is 0.852. The molecule has 72 valence electrons. The van der Waals surface area contributed by atoms with E-state index in [-0.39, 0.29) is 0 Å². The third-order valence-corrected chi connectivity index (χ3v) is 2.22. The van der Waals surface area contributed by atoms with E-state index in [2.05, 4.69) is 15.9 Å². The van der Waals surface area contributed by atoms with E-state index in [1.54, 1.807) is 7.11 Å². The number of halogens is 1. The molecule has 0 saturated carbocycles. The van der Waals surface area contributed by atoms with Crippen LogP contribution in [0.1, 0.15) is 6.92 Å². The van der Waals surface area contributed by atoms with Gasteiger partial charge >= 0.3 is 0 Å². The largest absolute Gasteiger partial charge is 0.490 e. The van der Waals surface area contributed by atoms with E-state index in [1.165, 1.54) is 0 Å². The summed E-state index contributed by atoms with van der Waals surface area (Å²) in [6.07, 6.45) is 0. The van der Waals surface area contributed by atoms with Gasteiger partial charge in [0.05, 0.1) is 0 Å². The highest BCUT2D eigenvalue weighted by atomic mass is 79.9.